The summed E-state index contributed by atoms with van der Waals surface area (Å²) in [5, 5.41) is 1.18. The van der Waals surface area contributed by atoms with Crippen molar-refractivity contribution in [3.8, 4) is 0 Å². The number of aryl methyl sites for hydroxylation is 1. The predicted molar refractivity (Wildman–Crippen MR) is 112 cm³/mol. The average molecular weight is 392 g/mol. The topological polar surface area (TPSA) is 51.5 Å². The number of nitrogens with zero attached hydrogens (tertiary/aromatic N) is 2. The van der Waals surface area contributed by atoms with Crippen LogP contribution in [-0.4, -0.2) is 28.0 Å². The molecular formula is C24H28N2O3. The third-order valence-corrected chi connectivity index (χ3v) is 8.51. The molecule has 5 nitrogen and oxygen atoms in total. The number of fused-ring (bicyclic) bond motifs is 5. The molecule has 0 unspecified atom stereocenters. The Morgan fingerprint density at radius 3 is 2.66 bits per heavy atom. The molecule has 2 aromatic rings. The smallest absolute Gasteiger partial charge is 0.322 e. The van der Waals surface area contributed by atoms with Gasteiger partial charge < -0.3 is 14.2 Å². The quantitative estimate of drug-likeness (QED) is 0.533. The van der Waals surface area contributed by atoms with Gasteiger partial charge in [0.15, 0.2) is 5.41 Å². The Morgan fingerprint density at radius 1 is 1.17 bits per heavy atom. The molecule has 1 aromatic heterocycles. The number of cyclic esters (lactones) is 1. The van der Waals surface area contributed by atoms with Crippen LogP contribution in [0, 0.1) is 16.2 Å². The molecule has 0 spiro atoms. The van der Waals surface area contributed by atoms with Crippen LogP contribution in [0.4, 0.5) is 0 Å². The van der Waals surface area contributed by atoms with Crippen molar-refractivity contribution in [2.45, 2.75) is 46.6 Å². The predicted octanol–water partition coefficient (Wildman–Crippen LogP) is 4.42. The van der Waals surface area contributed by atoms with Gasteiger partial charge in [0.1, 0.15) is 0 Å². The molecule has 152 valence electrons. The van der Waals surface area contributed by atoms with E-state index in [2.05, 4.69) is 37.5 Å². The summed E-state index contributed by atoms with van der Waals surface area (Å²) in [7, 11) is 2.04. The van der Waals surface area contributed by atoms with Gasteiger partial charge in [0, 0.05) is 40.8 Å². The number of carbonyl (C=O) groups excluding carboxylic acids is 2. The molecule has 1 saturated carbocycles. The highest BCUT2D eigenvalue weighted by Gasteiger charge is 2.72. The Kier molecular flexibility index (Phi) is 3.52. The Hall–Kier alpha value is -2.56. The zero-order valence-corrected chi connectivity index (χ0v) is 17.8. The van der Waals surface area contributed by atoms with Crippen molar-refractivity contribution in [3.05, 3.63) is 41.7 Å². The average Bonchev–Trinajstić information content (AvgIpc) is 3.03. The number of carbonyl (C=O) groups is 2. The number of para-hydroxylation sites is 1. The van der Waals surface area contributed by atoms with Gasteiger partial charge in [-0.2, -0.15) is 0 Å². The zero-order chi connectivity index (χ0) is 20.8. The van der Waals surface area contributed by atoms with E-state index in [1.54, 1.807) is 4.90 Å². The zero-order valence-electron chi connectivity index (χ0n) is 17.8. The van der Waals surface area contributed by atoms with Crippen LogP contribution in [0.2, 0.25) is 0 Å². The molecule has 0 N–H and O–H groups in total. The van der Waals surface area contributed by atoms with Crippen molar-refractivity contribution >= 4 is 28.9 Å². The van der Waals surface area contributed by atoms with Gasteiger partial charge in [0.2, 0.25) is 5.91 Å². The van der Waals surface area contributed by atoms with E-state index in [-0.39, 0.29) is 23.3 Å². The number of aromatic nitrogens is 1. The van der Waals surface area contributed by atoms with Gasteiger partial charge in [-0.25, -0.2) is 0 Å². The molecular weight excluding hydrogens is 364 g/mol. The number of amides is 1. The summed E-state index contributed by atoms with van der Waals surface area (Å²) in [5.74, 6) is -0.485. The Morgan fingerprint density at radius 2 is 1.90 bits per heavy atom. The van der Waals surface area contributed by atoms with Crippen LogP contribution >= 0.6 is 0 Å². The van der Waals surface area contributed by atoms with Crippen LogP contribution in [0.5, 0.6) is 0 Å². The van der Waals surface area contributed by atoms with Crippen LogP contribution in [0.25, 0.3) is 17.0 Å². The SMILES string of the molecule is C[C@@H]1c2c(c3ccccc3n2C)C=CN1C(=O)[C@@]12CC[C@@](C)(COC1=O)C2(C)C. The van der Waals surface area contributed by atoms with Crippen molar-refractivity contribution < 1.29 is 14.3 Å². The van der Waals surface area contributed by atoms with Crippen molar-refractivity contribution in [1.82, 2.24) is 9.47 Å². The first-order valence-corrected chi connectivity index (χ1v) is 10.4. The lowest BCUT2D eigenvalue weighted by molar-refractivity contribution is -0.193. The lowest BCUT2D eigenvalue weighted by atomic mass is 9.57. The second-order valence-electron chi connectivity index (χ2n) is 9.75. The maximum atomic E-state index is 14.0. The first kappa shape index (κ1) is 18.5. The fraction of sp³-hybridized carbons (Fsp3) is 0.500. The minimum absolute atomic E-state index is 0.129. The number of hydrogen-bond donors (Lipinski definition) is 0. The minimum Gasteiger partial charge on any atom is -0.464 e. The molecule has 1 aliphatic carbocycles. The summed E-state index contributed by atoms with van der Waals surface area (Å²) in [6.07, 6.45) is 5.25. The summed E-state index contributed by atoms with van der Waals surface area (Å²) in [6.45, 7) is 8.72. The molecule has 3 aliphatic rings. The number of rotatable bonds is 1. The molecule has 0 radical (unpaired) electrons. The highest BCUT2D eigenvalue weighted by Crippen LogP contribution is 2.66. The van der Waals surface area contributed by atoms with E-state index in [9.17, 15) is 9.59 Å². The third kappa shape index (κ3) is 1.96. The van der Waals surface area contributed by atoms with Gasteiger partial charge in [0.25, 0.3) is 0 Å². The van der Waals surface area contributed by atoms with Crippen LogP contribution in [0.15, 0.2) is 30.5 Å². The van der Waals surface area contributed by atoms with Crippen LogP contribution in [-0.2, 0) is 21.4 Å². The normalized spacial score (nSPS) is 32.4. The number of benzene rings is 1. The van der Waals surface area contributed by atoms with E-state index in [1.807, 2.05) is 38.4 Å². The van der Waals surface area contributed by atoms with Crippen LogP contribution in [0.3, 0.4) is 0 Å². The highest BCUT2D eigenvalue weighted by atomic mass is 16.5. The lowest BCUT2D eigenvalue weighted by Crippen LogP contribution is -2.60. The van der Waals surface area contributed by atoms with Crippen molar-refractivity contribution in [3.63, 3.8) is 0 Å². The van der Waals surface area contributed by atoms with Gasteiger partial charge in [-0.15, -0.1) is 0 Å². The molecule has 1 saturated heterocycles. The first-order valence-electron chi connectivity index (χ1n) is 10.4. The van der Waals surface area contributed by atoms with Gasteiger partial charge >= 0.3 is 5.97 Å². The van der Waals surface area contributed by atoms with Crippen molar-refractivity contribution in [2.24, 2.45) is 23.3 Å². The van der Waals surface area contributed by atoms with Crippen molar-refractivity contribution in [1.29, 1.82) is 0 Å². The van der Waals surface area contributed by atoms with Gasteiger partial charge in [-0.3, -0.25) is 9.59 Å². The molecule has 1 aromatic carbocycles. The molecule has 29 heavy (non-hydrogen) atoms. The van der Waals surface area contributed by atoms with E-state index in [1.165, 1.54) is 5.39 Å². The summed E-state index contributed by atoms with van der Waals surface area (Å²) in [6, 6.07) is 8.13. The molecule has 3 atom stereocenters. The van der Waals surface area contributed by atoms with Gasteiger partial charge in [-0.05, 0) is 37.3 Å². The number of ether oxygens (including phenoxy) is 1. The monoisotopic (exact) mass is 392 g/mol. The standard InChI is InChI=1S/C24H28N2O3/c1-15-19-17(16-8-6-7-9-18(16)25(19)5)10-13-26(15)20(27)24-12-11-23(4,22(24,2)3)14-29-21(24)28/h6-10,13,15H,11-12,14H2,1-5H3/t15-,23+,24+/m1/s1. The molecule has 3 heterocycles. The fourth-order valence-electron chi connectivity index (χ4n) is 6.03. The Bertz CT molecular complexity index is 1090. The third-order valence-electron chi connectivity index (χ3n) is 8.51. The summed E-state index contributed by atoms with van der Waals surface area (Å²) in [5.41, 5.74) is 1.64. The summed E-state index contributed by atoms with van der Waals surface area (Å²) in [4.78, 5) is 28.9. The van der Waals surface area contributed by atoms with Gasteiger partial charge in [0.05, 0.1) is 12.6 Å². The van der Waals surface area contributed by atoms with E-state index >= 15 is 0 Å². The van der Waals surface area contributed by atoms with E-state index in [4.69, 9.17) is 4.74 Å². The lowest BCUT2D eigenvalue weighted by Gasteiger charge is -2.51. The molecule has 5 rings (SSSR count). The number of esters is 1. The summed E-state index contributed by atoms with van der Waals surface area (Å²) >= 11 is 0. The molecule has 2 bridgehead atoms. The van der Waals surface area contributed by atoms with E-state index in [0.717, 1.165) is 23.2 Å². The fourth-order valence-corrected chi connectivity index (χ4v) is 6.03. The largest absolute Gasteiger partial charge is 0.464 e. The minimum atomic E-state index is -1.12. The van der Waals surface area contributed by atoms with Crippen LogP contribution < -0.4 is 0 Å². The van der Waals surface area contributed by atoms with E-state index in [0.29, 0.717) is 13.0 Å². The first-order chi connectivity index (χ1) is 13.7. The molecule has 2 aliphatic heterocycles. The molecule has 1 amide bonds. The molecule has 5 heteroatoms. The number of hydrogen-bond acceptors (Lipinski definition) is 3. The van der Waals surface area contributed by atoms with Gasteiger partial charge in [-0.1, -0.05) is 39.0 Å². The maximum absolute atomic E-state index is 14.0. The highest BCUT2D eigenvalue weighted by molar-refractivity contribution is 6.06. The van der Waals surface area contributed by atoms with Crippen LogP contribution in [0.1, 0.15) is 57.8 Å². The summed E-state index contributed by atoms with van der Waals surface area (Å²) < 4.78 is 7.75. The Labute approximate surface area is 171 Å². The Balaban J connectivity index is 1.62. The molecule has 2 fully saturated rings. The second kappa shape index (κ2) is 5.53. The van der Waals surface area contributed by atoms with Crippen molar-refractivity contribution in [2.75, 3.05) is 6.61 Å². The second-order valence-corrected chi connectivity index (χ2v) is 9.75. The van der Waals surface area contributed by atoms with E-state index < -0.39 is 10.8 Å². The maximum Gasteiger partial charge on any atom is 0.322 e.